The molecule has 5 heteroatoms. The van der Waals surface area contributed by atoms with E-state index < -0.39 is 0 Å². The highest BCUT2D eigenvalue weighted by Crippen LogP contribution is 2.29. The number of thiazole rings is 1. The van der Waals surface area contributed by atoms with Crippen molar-refractivity contribution < 1.29 is 9.59 Å². The molecule has 0 atom stereocenters. The molecule has 0 unspecified atom stereocenters. The molecular weight excluding hydrogens is 296 g/mol. The van der Waals surface area contributed by atoms with Gasteiger partial charge in [-0.3, -0.25) is 4.79 Å². The maximum atomic E-state index is 11.0. The third kappa shape index (κ3) is 3.04. The smallest absolute Gasteiger partial charge is 0.221 e. The summed E-state index contributed by atoms with van der Waals surface area (Å²) in [5, 5.41) is 3.59. The van der Waals surface area contributed by atoms with E-state index in [4.69, 9.17) is 0 Å². The molecule has 110 valence electrons. The number of rotatable bonds is 4. The minimum Gasteiger partial charge on any atom is -0.326 e. The van der Waals surface area contributed by atoms with Crippen molar-refractivity contribution in [3.05, 3.63) is 47.5 Å². The number of fused-ring (bicyclic) bond motifs is 1. The highest BCUT2D eigenvalue weighted by Gasteiger charge is 2.06. The maximum Gasteiger partial charge on any atom is 0.221 e. The molecule has 0 aliphatic rings. The van der Waals surface area contributed by atoms with E-state index in [9.17, 15) is 9.59 Å². The van der Waals surface area contributed by atoms with Crippen LogP contribution in [0.25, 0.3) is 21.3 Å². The van der Waals surface area contributed by atoms with Gasteiger partial charge in [-0.05, 0) is 35.4 Å². The number of nitrogens with one attached hydrogen (secondary N) is 1. The standard InChI is InChI=1S/C17H14N2O2S/c1-11(21)18-14-5-2-12(3-6-14)13-4-7-15-16(10-13)22-17(19-15)8-9-20/h2-7,9-10H,8H2,1H3,(H,18,21). The third-order valence-corrected chi connectivity index (χ3v) is 4.27. The predicted molar refractivity (Wildman–Crippen MR) is 89.1 cm³/mol. The number of carbonyl (C=O) groups is 2. The predicted octanol–water partition coefficient (Wildman–Crippen LogP) is 3.66. The zero-order valence-corrected chi connectivity index (χ0v) is 12.8. The Morgan fingerprint density at radius 3 is 2.59 bits per heavy atom. The van der Waals surface area contributed by atoms with Gasteiger partial charge >= 0.3 is 0 Å². The summed E-state index contributed by atoms with van der Waals surface area (Å²) < 4.78 is 1.07. The summed E-state index contributed by atoms with van der Waals surface area (Å²) in [4.78, 5) is 26.0. The van der Waals surface area contributed by atoms with Crippen LogP contribution in [0.1, 0.15) is 11.9 Å². The molecule has 0 aliphatic heterocycles. The summed E-state index contributed by atoms with van der Waals surface area (Å²) in [6.45, 7) is 1.49. The van der Waals surface area contributed by atoms with Crippen molar-refractivity contribution in [2.24, 2.45) is 0 Å². The molecule has 1 N–H and O–H groups in total. The largest absolute Gasteiger partial charge is 0.326 e. The zero-order valence-electron chi connectivity index (χ0n) is 12.0. The van der Waals surface area contributed by atoms with Gasteiger partial charge in [-0.15, -0.1) is 11.3 Å². The number of aromatic nitrogens is 1. The van der Waals surface area contributed by atoms with Crippen molar-refractivity contribution in [1.29, 1.82) is 0 Å². The number of benzene rings is 2. The van der Waals surface area contributed by atoms with Crippen molar-refractivity contribution in [3.8, 4) is 11.1 Å². The summed E-state index contributed by atoms with van der Waals surface area (Å²) in [6, 6.07) is 13.8. The van der Waals surface area contributed by atoms with Gasteiger partial charge in [0, 0.05) is 12.6 Å². The number of aldehydes is 1. The molecule has 0 aliphatic carbocycles. The van der Waals surface area contributed by atoms with Gasteiger partial charge in [0.25, 0.3) is 0 Å². The van der Waals surface area contributed by atoms with E-state index in [0.29, 0.717) is 6.42 Å². The SMILES string of the molecule is CC(=O)Nc1ccc(-c2ccc3nc(CC=O)sc3c2)cc1. The highest BCUT2D eigenvalue weighted by molar-refractivity contribution is 7.18. The van der Waals surface area contributed by atoms with Gasteiger partial charge in [0.2, 0.25) is 5.91 Å². The van der Waals surface area contributed by atoms with E-state index in [0.717, 1.165) is 38.3 Å². The lowest BCUT2D eigenvalue weighted by molar-refractivity contribution is -0.114. The van der Waals surface area contributed by atoms with E-state index in [1.54, 1.807) is 11.3 Å². The third-order valence-electron chi connectivity index (χ3n) is 3.23. The van der Waals surface area contributed by atoms with Gasteiger partial charge < -0.3 is 10.1 Å². The molecule has 1 aromatic heterocycles. The molecule has 1 heterocycles. The summed E-state index contributed by atoms with van der Waals surface area (Å²) in [6.07, 6.45) is 1.24. The first-order chi connectivity index (χ1) is 10.7. The maximum absolute atomic E-state index is 11.0. The van der Waals surface area contributed by atoms with Crippen LogP contribution in [0.4, 0.5) is 5.69 Å². The number of hydrogen-bond donors (Lipinski definition) is 1. The lowest BCUT2D eigenvalue weighted by atomic mass is 10.1. The number of amides is 1. The summed E-state index contributed by atoms with van der Waals surface area (Å²) in [5.41, 5.74) is 3.85. The fourth-order valence-corrected chi connectivity index (χ4v) is 3.21. The molecule has 4 nitrogen and oxygen atoms in total. The van der Waals surface area contributed by atoms with Crippen molar-refractivity contribution in [1.82, 2.24) is 4.98 Å². The van der Waals surface area contributed by atoms with E-state index in [2.05, 4.69) is 16.4 Å². The molecule has 1 amide bonds. The normalized spacial score (nSPS) is 10.6. The Kier molecular flexibility index (Phi) is 3.98. The van der Waals surface area contributed by atoms with Crippen molar-refractivity contribution in [2.45, 2.75) is 13.3 Å². The van der Waals surface area contributed by atoms with E-state index in [1.807, 2.05) is 36.4 Å². The van der Waals surface area contributed by atoms with Crippen LogP contribution in [-0.4, -0.2) is 17.2 Å². The topological polar surface area (TPSA) is 59.1 Å². The van der Waals surface area contributed by atoms with Crippen LogP contribution in [0, 0.1) is 0 Å². The van der Waals surface area contributed by atoms with Gasteiger partial charge in [0.15, 0.2) is 0 Å². The highest BCUT2D eigenvalue weighted by atomic mass is 32.1. The van der Waals surface area contributed by atoms with Gasteiger partial charge in [-0.25, -0.2) is 4.98 Å². The minimum atomic E-state index is -0.0819. The molecule has 3 aromatic rings. The first-order valence-electron chi connectivity index (χ1n) is 6.87. The summed E-state index contributed by atoms with van der Waals surface area (Å²) >= 11 is 1.54. The van der Waals surface area contributed by atoms with Crippen LogP contribution in [0.2, 0.25) is 0 Å². The fourth-order valence-electron chi connectivity index (χ4n) is 2.26. The Bertz CT molecular complexity index is 837. The van der Waals surface area contributed by atoms with E-state index in [1.165, 1.54) is 6.92 Å². The molecule has 0 saturated carbocycles. The zero-order chi connectivity index (χ0) is 15.5. The average molecular weight is 310 g/mol. The molecule has 3 rings (SSSR count). The Morgan fingerprint density at radius 1 is 1.18 bits per heavy atom. The fraction of sp³-hybridized carbons (Fsp3) is 0.118. The Labute approximate surface area is 131 Å². The molecule has 0 radical (unpaired) electrons. The first-order valence-corrected chi connectivity index (χ1v) is 7.68. The summed E-state index contributed by atoms with van der Waals surface area (Å²) in [7, 11) is 0. The second kappa shape index (κ2) is 6.07. The molecule has 2 aromatic carbocycles. The molecule has 22 heavy (non-hydrogen) atoms. The Hall–Kier alpha value is -2.53. The second-order valence-electron chi connectivity index (χ2n) is 4.92. The molecule has 0 fully saturated rings. The molecular formula is C17H14N2O2S. The van der Waals surface area contributed by atoms with Gasteiger partial charge in [0.1, 0.15) is 11.3 Å². The van der Waals surface area contributed by atoms with Crippen molar-refractivity contribution in [3.63, 3.8) is 0 Å². The van der Waals surface area contributed by atoms with Crippen LogP contribution < -0.4 is 5.32 Å². The molecule has 0 saturated heterocycles. The summed E-state index contributed by atoms with van der Waals surface area (Å²) in [5.74, 6) is -0.0819. The lowest BCUT2D eigenvalue weighted by Crippen LogP contribution is -2.05. The monoisotopic (exact) mass is 310 g/mol. The van der Waals surface area contributed by atoms with Crippen LogP contribution in [-0.2, 0) is 16.0 Å². The van der Waals surface area contributed by atoms with Crippen LogP contribution >= 0.6 is 11.3 Å². The van der Waals surface area contributed by atoms with Gasteiger partial charge in [-0.2, -0.15) is 0 Å². The van der Waals surface area contributed by atoms with Crippen molar-refractivity contribution in [2.75, 3.05) is 5.32 Å². The number of carbonyl (C=O) groups excluding carboxylic acids is 2. The number of hydrogen-bond acceptors (Lipinski definition) is 4. The number of nitrogens with zero attached hydrogens (tertiary/aromatic N) is 1. The molecule has 0 spiro atoms. The van der Waals surface area contributed by atoms with E-state index >= 15 is 0 Å². The van der Waals surface area contributed by atoms with Gasteiger partial charge in [-0.1, -0.05) is 18.2 Å². The average Bonchev–Trinajstić information content (AvgIpc) is 2.89. The Balaban J connectivity index is 1.92. The Morgan fingerprint density at radius 2 is 1.91 bits per heavy atom. The van der Waals surface area contributed by atoms with Crippen LogP contribution in [0.3, 0.4) is 0 Å². The van der Waals surface area contributed by atoms with Crippen molar-refractivity contribution >= 4 is 39.4 Å². The quantitative estimate of drug-likeness (QED) is 0.748. The number of anilines is 1. The minimum absolute atomic E-state index is 0.0819. The van der Waals surface area contributed by atoms with Gasteiger partial charge in [0.05, 0.1) is 16.6 Å². The second-order valence-corrected chi connectivity index (χ2v) is 6.03. The van der Waals surface area contributed by atoms with Crippen LogP contribution in [0.5, 0.6) is 0 Å². The van der Waals surface area contributed by atoms with Crippen LogP contribution in [0.15, 0.2) is 42.5 Å². The first kappa shape index (κ1) is 14.4. The lowest BCUT2D eigenvalue weighted by Gasteiger charge is -2.05. The van der Waals surface area contributed by atoms with E-state index in [-0.39, 0.29) is 5.91 Å². The molecule has 0 bridgehead atoms.